The zero-order chi connectivity index (χ0) is 14.7. The summed E-state index contributed by atoms with van der Waals surface area (Å²) in [5.74, 6) is 0.234. The quantitative estimate of drug-likeness (QED) is 0.840. The van der Waals surface area contributed by atoms with Crippen LogP contribution in [0.25, 0.3) is 11.4 Å². The highest BCUT2D eigenvalue weighted by atomic mass is 16.5. The number of aryl methyl sites for hydroxylation is 1. The molecule has 2 N–H and O–H groups in total. The van der Waals surface area contributed by atoms with E-state index in [2.05, 4.69) is 19.7 Å². The maximum atomic E-state index is 11.5. The number of methoxy groups -OCH3 is 2. The van der Waals surface area contributed by atoms with Crippen LogP contribution in [-0.4, -0.2) is 35.1 Å². The molecular formula is C13H14N4O3. The van der Waals surface area contributed by atoms with E-state index < -0.39 is 5.97 Å². The fraction of sp³-hybridized carbons (Fsp3) is 0.231. The molecule has 2 aromatic heterocycles. The molecule has 7 heteroatoms. The zero-order valence-corrected chi connectivity index (χ0v) is 11.4. The standard InChI is InChI=1S/C13H14N4O3/c1-7-4-8(5-15-10(7)13(18)20-3)11-16-6-9(14)12(17-11)19-2/h4-6H,14H2,1-3H3. The van der Waals surface area contributed by atoms with E-state index in [-0.39, 0.29) is 5.69 Å². The minimum absolute atomic E-state index is 0.263. The van der Waals surface area contributed by atoms with E-state index in [1.807, 2.05) is 0 Å². The van der Waals surface area contributed by atoms with Crippen molar-refractivity contribution in [2.45, 2.75) is 6.92 Å². The Morgan fingerprint density at radius 1 is 1.25 bits per heavy atom. The second kappa shape index (κ2) is 5.52. The van der Waals surface area contributed by atoms with Crippen molar-refractivity contribution in [1.29, 1.82) is 0 Å². The van der Waals surface area contributed by atoms with Crippen LogP contribution in [0, 0.1) is 6.92 Å². The molecule has 0 saturated heterocycles. The normalized spacial score (nSPS) is 10.2. The molecule has 0 unspecified atom stereocenters. The third-order valence-electron chi connectivity index (χ3n) is 2.69. The number of pyridine rings is 1. The van der Waals surface area contributed by atoms with E-state index in [0.717, 1.165) is 0 Å². The Balaban J connectivity index is 2.44. The molecule has 0 saturated carbocycles. The number of ether oxygens (including phenoxy) is 2. The van der Waals surface area contributed by atoms with Crippen molar-refractivity contribution < 1.29 is 14.3 Å². The summed E-state index contributed by atoms with van der Waals surface area (Å²) in [6, 6.07) is 1.75. The molecule has 0 amide bonds. The fourth-order valence-electron chi connectivity index (χ4n) is 1.69. The van der Waals surface area contributed by atoms with Crippen LogP contribution in [0.5, 0.6) is 5.88 Å². The van der Waals surface area contributed by atoms with Crippen LogP contribution in [0.3, 0.4) is 0 Å². The van der Waals surface area contributed by atoms with Crippen molar-refractivity contribution in [2.75, 3.05) is 20.0 Å². The maximum absolute atomic E-state index is 11.5. The van der Waals surface area contributed by atoms with Crippen molar-refractivity contribution >= 4 is 11.7 Å². The molecule has 0 radical (unpaired) electrons. The Bertz CT molecular complexity index is 658. The van der Waals surface area contributed by atoms with Crippen molar-refractivity contribution in [3.8, 4) is 17.3 Å². The van der Waals surface area contributed by atoms with Crippen LogP contribution in [0.15, 0.2) is 18.5 Å². The van der Waals surface area contributed by atoms with E-state index in [9.17, 15) is 4.79 Å². The van der Waals surface area contributed by atoms with Gasteiger partial charge in [0.1, 0.15) is 5.69 Å². The number of nitrogens with two attached hydrogens (primary N) is 1. The number of aromatic nitrogens is 3. The van der Waals surface area contributed by atoms with E-state index >= 15 is 0 Å². The molecule has 0 fully saturated rings. The molecule has 104 valence electrons. The lowest BCUT2D eigenvalue weighted by molar-refractivity contribution is 0.0593. The first-order valence-corrected chi connectivity index (χ1v) is 5.78. The number of carbonyl (C=O) groups excluding carboxylic acids is 1. The Labute approximate surface area is 115 Å². The van der Waals surface area contributed by atoms with Gasteiger partial charge in [0.2, 0.25) is 5.88 Å². The largest absolute Gasteiger partial charge is 0.479 e. The molecule has 0 aromatic carbocycles. The molecular weight excluding hydrogens is 260 g/mol. The Kier molecular flexibility index (Phi) is 3.79. The second-order valence-electron chi connectivity index (χ2n) is 4.04. The maximum Gasteiger partial charge on any atom is 0.356 e. The molecule has 2 aromatic rings. The summed E-state index contributed by atoms with van der Waals surface area (Å²) in [5, 5.41) is 0. The van der Waals surface area contributed by atoms with Gasteiger partial charge in [-0.2, -0.15) is 4.98 Å². The minimum atomic E-state index is -0.482. The average molecular weight is 274 g/mol. The van der Waals surface area contributed by atoms with Crippen molar-refractivity contribution in [3.05, 3.63) is 29.7 Å². The van der Waals surface area contributed by atoms with Crippen LogP contribution in [-0.2, 0) is 4.74 Å². The molecule has 0 aliphatic heterocycles. The summed E-state index contributed by atoms with van der Waals surface area (Å²) in [5.41, 5.74) is 7.61. The van der Waals surface area contributed by atoms with Crippen molar-refractivity contribution in [3.63, 3.8) is 0 Å². The van der Waals surface area contributed by atoms with Gasteiger partial charge < -0.3 is 15.2 Å². The number of esters is 1. The Morgan fingerprint density at radius 3 is 2.60 bits per heavy atom. The highest BCUT2D eigenvalue weighted by Crippen LogP contribution is 2.23. The molecule has 0 spiro atoms. The van der Waals surface area contributed by atoms with Gasteiger partial charge in [0.05, 0.1) is 20.4 Å². The topological polar surface area (TPSA) is 100 Å². The van der Waals surface area contributed by atoms with Gasteiger partial charge in [0.15, 0.2) is 11.5 Å². The molecule has 20 heavy (non-hydrogen) atoms. The van der Waals surface area contributed by atoms with Gasteiger partial charge in [-0.25, -0.2) is 14.8 Å². The highest BCUT2D eigenvalue weighted by Gasteiger charge is 2.13. The highest BCUT2D eigenvalue weighted by molar-refractivity contribution is 5.89. The summed E-state index contributed by atoms with van der Waals surface area (Å²) >= 11 is 0. The summed E-state index contributed by atoms with van der Waals surface area (Å²) in [4.78, 5) is 23.9. The molecule has 2 heterocycles. The van der Waals surface area contributed by atoms with Crippen LogP contribution in [0.1, 0.15) is 16.1 Å². The van der Waals surface area contributed by atoms with E-state index in [0.29, 0.717) is 28.5 Å². The van der Waals surface area contributed by atoms with E-state index in [1.54, 1.807) is 13.0 Å². The van der Waals surface area contributed by atoms with E-state index in [4.69, 9.17) is 10.5 Å². The van der Waals surface area contributed by atoms with Gasteiger partial charge in [0.25, 0.3) is 0 Å². The SMILES string of the molecule is COC(=O)c1ncc(-c2ncc(N)c(OC)n2)cc1C. The lowest BCUT2D eigenvalue weighted by Crippen LogP contribution is -2.07. The number of carbonyl (C=O) groups is 1. The molecule has 0 atom stereocenters. The number of rotatable bonds is 3. The Hall–Kier alpha value is -2.70. The van der Waals surface area contributed by atoms with Gasteiger partial charge in [-0.15, -0.1) is 0 Å². The third-order valence-corrected chi connectivity index (χ3v) is 2.69. The number of hydrogen-bond donors (Lipinski definition) is 1. The molecule has 0 aliphatic carbocycles. The number of nitrogens with zero attached hydrogens (tertiary/aromatic N) is 3. The second-order valence-corrected chi connectivity index (χ2v) is 4.04. The summed E-state index contributed by atoms with van der Waals surface area (Å²) in [7, 11) is 2.79. The van der Waals surface area contributed by atoms with E-state index in [1.165, 1.54) is 26.6 Å². The van der Waals surface area contributed by atoms with Crippen LogP contribution in [0.2, 0.25) is 0 Å². The van der Waals surface area contributed by atoms with Gasteiger partial charge in [-0.3, -0.25) is 0 Å². The van der Waals surface area contributed by atoms with Gasteiger partial charge in [-0.1, -0.05) is 0 Å². The smallest absolute Gasteiger partial charge is 0.356 e. The predicted octanol–water partition coefficient (Wildman–Crippen LogP) is 1.22. The first kappa shape index (κ1) is 13.7. The third kappa shape index (κ3) is 2.51. The number of anilines is 1. The van der Waals surface area contributed by atoms with Crippen LogP contribution < -0.4 is 10.5 Å². The summed E-state index contributed by atoms with van der Waals surface area (Å²) < 4.78 is 9.69. The monoisotopic (exact) mass is 274 g/mol. The first-order valence-electron chi connectivity index (χ1n) is 5.78. The lowest BCUT2D eigenvalue weighted by atomic mass is 10.1. The van der Waals surface area contributed by atoms with Crippen LogP contribution >= 0.6 is 0 Å². The van der Waals surface area contributed by atoms with Crippen LogP contribution in [0.4, 0.5) is 5.69 Å². The molecule has 0 bridgehead atoms. The zero-order valence-electron chi connectivity index (χ0n) is 11.4. The van der Waals surface area contributed by atoms with Crippen molar-refractivity contribution in [1.82, 2.24) is 15.0 Å². The van der Waals surface area contributed by atoms with Gasteiger partial charge >= 0.3 is 5.97 Å². The summed E-state index contributed by atoms with van der Waals surface area (Å²) in [6.45, 7) is 1.76. The minimum Gasteiger partial charge on any atom is -0.479 e. The molecule has 7 nitrogen and oxygen atoms in total. The van der Waals surface area contributed by atoms with Gasteiger partial charge in [-0.05, 0) is 18.6 Å². The summed E-state index contributed by atoms with van der Waals surface area (Å²) in [6.07, 6.45) is 2.97. The predicted molar refractivity (Wildman–Crippen MR) is 72.3 cm³/mol. The molecule has 2 rings (SSSR count). The average Bonchev–Trinajstić information content (AvgIpc) is 2.47. The van der Waals surface area contributed by atoms with Crippen molar-refractivity contribution in [2.24, 2.45) is 0 Å². The first-order chi connectivity index (χ1) is 9.56. The fourth-order valence-corrected chi connectivity index (χ4v) is 1.69. The number of nitrogen functional groups attached to an aromatic ring is 1. The molecule has 0 aliphatic rings. The Morgan fingerprint density at radius 2 is 2.00 bits per heavy atom. The number of hydrogen-bond acceptors (Lipinski definition) is 7. The van der Waals surface area contributed by atoms with Gasteiger partial charge in [0, 0.05) is 11.8 Å². The lowest BCUT2D eigenvalue weighted by Gasteiger charge is -2.07.